The summed E-state index contributed by atoms with van der Waals surface area (Å²) < 4.78 is 0. The van der Waals surface area contributed by atoms with Crippen LogP contribution in [0.3, 0.4) is 0 Å². The topological polar surface area (TPSA) is 12.0 Å². The molecule has 0 amide bonds. The summed E-state index contributed by atoms with van der Waals surface area (Å²) >= 11 is 0. The van der Waals surface area contributed by atoms with E-state index in [1.54, 1.807) is 0 Å². The number of rotatable bonds is 5. The Kier molecular flexibility index (Phi) is 4.40. The summed E-state index contributed by atoms with van der Waals surface area (Å²) in [6.45, 7) is 5.36. The first kappa shape index (κ1) is 12.7. The van der Waals surface area contributed by atoms with Crippen LogP contribution < -0.4 is 5.32 Å². The summed E-state index contributed by atoms with van der Waals surface area (Å²) in [6.07, 6.45) is 2.30. The molecule has 0 aliphatic rings. The molecule has 2 aromatic rings. The van der Waals surface area contributed by atoms with Crippen molar-refractivity contribution < 1.29 is 0 Å². The molecule has 0 saturated heterocycles. The summed E-state index contributed by atoms with van der Waals surface area (Å²) in [7, 11) is 0. The van der Waals surface area contributed by atoms with Gasteiger partial charge in [0.1, 0.15) is 0 Å². The van der Waals surface area contributed by atoms with Crippen molar-refractivity contribution in [1.29, 1.82) is 0 Å². The van der Waals surface area contributed by atoms with Gasteiger partial charge in [-0.25, -0.2) is 0 Å². The van der Waals surface area contributed by atoms with Gasteiger partial charge in [0.2, 0.25) is 0 Å². The standard InChI is InChI=1S/C17H21N/c1-14-8-6-12-17(15(14)2)18-13-7-11-16-9-4-3-5-10-16/h3-6,8-10,12,18H,7,11,13H2,1-2H3. The van der Waals surface area contributed by atoms with Gasteiger partial charge in [-0.2, -0.15) is 0 Å². The molecule has 2 rings (SSSR count). The molecule has 0 aliphatic heterocycles. The molecular weight excluding hydrogens is 218 g/mol. The van der Waals surface area contributed by atoms with Crippen LogP contribution in [0.4, 0.5) is 5.69 Å². The third-order valence-electron chi connectivity index (χ3n) is 3.41. The first-order valence-electron chi connectivity index (χ1n) is 6.61. The molecule has 1 heteroatoms. The molecule has 0 unspecified atom stereocenters. The summed E-state index contributed by atoms with van der Waals surface area (Å²) in [5, 5.41) is 3.52. The van der Waals surface area contributed by atoms with Crippen LogP contribution in [0.25, 0.3) is 0 Å². The Hall–Kier alpha value is -1.76. The van der Waals surface area contributed by atoms with Crippen LogP contribution in [0.15, 0.2) is 48.5 Å². The molecule has 0 radical (unpaired) electrons. The van der Waals surface area contributed by atoms with Gasteiger partial charge < -0.3 is 5.32 Å². The van der Waals surface area contributed by atoms with E-state index < -0.39 is 0 Å². The van der Waals surface area contributed by atoms with E-state index in [0.717, 1.165) is 19.4 Å². The number of anilines is 1. The van der Waals surface area contributed by atoms with E-state index >= 15 is 0 Å². The predicted molar refractivity (Wildman–Crippen MR) is 79.2 cm³/mol. The van der Waals surface area contributed by atoms with Crippen molar-refractivity contribution in [3.8, 4) is 0 Å². The van der Waals surface area contributed by atoms with Crippen LogP contribution in [0.2, 0.25) is 0 Å². The van der Waals surface area contributed by atoms with Crippen molar-refractivity contribution in [2.75, 3.05) is 11.9 Å². The molecule has 0 atom stereocenters. The Balaban J connectivity index is 1.81. The van der Waals surface area contributed by atoms with Crippen LogP contribution in [0.1, 0.15) is 23.1 Å². The average Bonchev–Trinajstić information content (AvgIpc) is 2.40. The molecule has 0 aromatic heterocycles. The van der Waals surface area contributed by atoms with Crippen molar-refractivity contribution in [3.05, 3.63) is 65.2 Å². The zero-order valence-electron chi connectivity index (χ0n) is 11.2. The largest absolute Gasteiger partial charge is 0.385 e. The van der Waals surface area contributed by atoms with Gasteiger partial charge in [0.05, 0.1) is 0 Å². The highest BCUT2D eigenvalue weighted by Crippen LogP contribution is 2.17. The van der Waals surface area contributed by atoms with Gasteiger partial charge in [0, 0.05) is 12.2 Å². The SMILES string of the molecule is Cc1cccc(NCCCc2ccccc2)c1C. The minimum Gasteiger partial charge on any atom is -0.385 e. The third kappa shape index (κ3) is 3.36. The van der Waals surface area contributed by atoms with E-state index in [0.29, 0.717) is 0 Å². The van der Waals surface area contributed by atoms with Crippen molar-refractivity contribution in [3.63, 3.8) is 0 Å². The second-order valence-corrected chi connectivity index (χ2v) is 4.76. The Morgan fingerprint density at radius 2 is 1.67 bits per heavy atom. The van der Waals surface area contributed by atoms with Gasteiger partial charge >= 0.3 is 0 Å². The highest BCUT2D eigenvalue weighted by atomic mass is 14.9. The fourth-order valence-electron chi connectivity index (χ4n) is 2.10. The molecule has 18 heavy (non-hydrogen) atoms. The Bertz CT molecular complexity index is 488. The Morgan fingerprint density at radius 1 is 0.889 bits per heavy atom. The van der Waals surface area contributed by atoms with Crippen molar-refractivity contribution in [2.24, 2.45) is 0 Å². The van der Waals surface area contributed by atoms with E-state index in [4.69, 9.17) is 0 Å². The molecule has 94 valence electrons. The van der Waals surface area contributed by atoms with E-state index in [9.17, 15) is 0 Å². The smallest absolute Gasteiger partial charge is 0.0372 e. The Morgan fingerprint density at radius 3 is 2.44 bits per heavy atom. The zero-order chi connectivity index (χ0) is 12.8. The summed E-state index contributed by atoms with van der Waals surface area (Å²) in [6, 6.07) is 17.1. The fourth-order valence-corrected chi connectivity index (χ4v) is 2.10. The molecule has 0 aliphatic carbocycles. The Labute approximate surface area is 110 Å². The van der Waals surface area contributed by atoms with Crippen molar-refractivity contribution in [2.45, 2.75) is 26.7 Å². The molecular formula is C17H21N. The molecule has 1 N–H and O–H groups in total. The van der Waals surface area contributed by atoms with Gasteiger partial charge in [-0.3, -0.25) is 0 Å². The lowest BCUT2D eigenvalue weighted by Gasteiger charge is -2.11. The first-order valence-corrected chi connectivity index (χ1v) is 6.61. The maximum atomic E-state index is 3.52. The van der Waals surface area contributed by atoms with Crippen LogP contribution in [-0.4, -0.2) is 6.54 Å². The van der Waals surface area contributed by atoms with Crippen molar-refractivity contribution >= 4 is 5.69 Å². The molecule has 1 nitrogen and oxygen atoms in total. The van der Waals surface area contributed by atoms with Crippen LogP contribution in [0.5, 0.6) is 0 Å². The van der Waals surface area contributed by atoms with Gasteiger partial charge in [-0.1, -0.05) is 42.5 Å². The summed E-state index contributed by atoms with van der Waals surface area (Å²) in [4.78, 5) is 0. The lowest BCUT2D eigenvalue weighted by molar-refractivity contribution is 0.862. The fraction of sp³-hybridized carbons (Fsp3) is 0.294. The van der Waals surface area contributed by atoms with Crippen LogP contribution in [-0.2, 0) is 6.42 Å². The van der Waals surface area contributed by atoms with Gasteiger partial charge in [-0.05, 0) is 49.4 Å². The number of hydrogen-bond acceptors (Lipinski definition) is 1. The molecule has 0 spiro atoms. The summed E-state index contributed by atoms with van der Waals surface area (Å²) in [5.41, 5.74) is 5.39. The maximum Gasteiger partial charge on any atom is 0.0372 e. The van der Waals surface area contributed by atoms with Gasteiger partial charge in [0.25, 0.3) is 0 Å². The van der Waals surface area contributed by atoms with Gasteiger partial charge in [0.15, 0.2) is 0 Å². The van der Waals surface area contributed by atoms with E-state index in [1.807, 2.05) is 0 Å². The van der Waals surface area contributed by atoms with Crippen LogP contribution >= 0.6 is 0 Å². The second-order valence-electron chi connectivity index (χ2n) is 4.76. The summed E-state index contributed by atoms with van der Waals surface area (Å²) in [5.74, 6) is 0. The normalized spacial score (nSPS) is 10.3. The molecule has 0 heterocycles. The predicted octanol–water partition coefficient (Wildman–Crippen LogP) is 4.35. The zero-order valence-corrected chi connectivity index (χ0v) is 11.2. The minimum absolute atomic E-state index is 1.03. The van der Waals surface area contributed by atoms with E-state index in [2.05, 4.69) is 67.7 Å². The average molecular weight is 239 g/mol. The van der Waals surface area contributed by atoms with E-state index in [-0.39, 0.29) is 0 Å². The molecule has 0 fully saturated rings. The number of hydrogen-bond donors (Lipinski definition) is 1. The highest BCUT2D eigenvalue weighted by molar-refractivity contribution is 5.53. The number of nitrogens with one attached hydrogen (secondary N) is 1. The lowest BCUT2D eigenvalue weighted by atomic mass is 10.1. The van der Waals surface area contributed by atoms with Gasteiger partial charge in [-0.15, -0.1) is 0 Å². The minimum atomic E-state index is 1.03. The molecule has 0 saturated carbocycles. The third-order valence-corrected chi connectivity index (χ3v) is 3.41. The van der Waals surface area contributed by atoms with Crippen LogP contribution in [0, 0.1) is 13.8 Å². The maximum absolute atomic E-state index is 3.52. The highest BCUT2D eigenvalue weighted by Gasteiger charge is 1.99. The second kappa shape index (κ2) is 6.25. The molecule has 2 aromatic carbocycles. The molecule has 0 bridgehead atoms. The lowest BCUT2D eigenvalue weighted by Crippen LogP contribution is -2.04. The van der Waals surface area contributed by atoms with Crippen molar-refractivity contribution in [1.82, 2.24) is 0 Å². The quantitative estimate of drug-likeness (QED) is 0.765. The van der Waals surface area contributed by atoms with E-state index in [1.165, 1.54) is 22.4 Å². The monoisotopic (exact) mass is 239 g/mol. The first-order chi connectivity index (χ1) is 8.77. The number of benzene rings is 2. The number of aryl methyl sites for hydroxylation is 2.